The molecule has 36 heavy (non-hydrogen) atoms. The van der Waals surface area contributed by atoms with Crippen molar-refractivity contribution in [2.75, 3.05) is 6.61 Å². The quantitative estimate of drug-likeness (QED) is 0.385. The molecule has 0 fully saturated rings. The Kier molecular flexibility index (Phi) is 6.05. The first kappa shape index (κ1) is 24.0. The number of carbonyl (C=O) groups excluding carboxylic acids is 1. The standard InChI is InChI=1S/C26H23ClN4O4S/c1-5-35-24(33)21-14(2)28-25-31(22(21)16-7-9-17(27)10-8-16)23(32)20(36-25)13-15-6-11-18-19(12-15)30(4)26(34)29(18)3/h6-13,22H,5H2,1-4H3/b20-13+/t22-/m1/s1. The molecule has 184 valence electrons. The third-order valence-electron chi connectivity index (χ3n) is 6.30. The molecule has 2 aromatic carbocycles. The van der Waals surface area contributed by atoms with E-state index in [1.807, 2.05) is 18.2 Å². The average Bonchev–Trinajstić information content (AvgIpc) is 3.27. The Balaban J connectivity index is 1.72. The maximum Gasteiger partial charge on any atom is 0.338 e. The van der Waals surface area contributed by atoms with Gasteiger partial charge in [-0.05, 0) is 55.3 Å². The van der Waals surface area contributed by atoms with Gasteiger partial charge in [-0.3, -0.25) is 18.5 Å². The Hall–Kier alpha value is -3.69. The summed E-state index contributed by atoms with van der Waals surface area (Å²) in [6.07, 6.45) is 1.78. The number of hydrogen-bond donors (Lipinski definition) is 0. The van der Waals surface area contributed by atoms with E-state index >= 15 is 0 Å². The van der Waals surface area contributed by atoms with Crippen LogP contribution in [-0.4, -0.2) is 26.3 Å². The second kappa shape index (κ2) is 9.07. The summed E-state index contributed by atoms with van der Waals surface area (Å²) in [4.78, 5) is 44.0. The van der Waals surface area contributed by atoms with E-state index in [1.165, 1.54) is 15.9 Å². The van der Waals surface area contributed by atoms with Crippen LogP contribution in [0.1, 0.15) is 31.0 Å². The highest BCUT2D eigenvalue weighted by atomic mass is 35.5. The Morgan fingerprint density at radius 3 is 2.50 bits per heavy atom. The van der Waals surface area contributed by atoms with Crippen molar-refractivity contribution >= 4 is 46.0 Å². The molecule has 0 unspecified atom stereocenters. The molecule has 0 saturated heterocycles. The second-order valence-corrected chi connectivity index (χ2v) is 9.95. The molecule has 10 heteroatoms. The highest BCUT2D eigenvalue weighted by Gasteiger charge is 2.33. The summed E-state index contributed by atoms with van der Waals surface area (Å²) in [5, 5.41) is 0.551. The molecule has 1 aliphatic heterocycles. The van der Waals surface area contributed by atoms with Gasteiger partial charge in [-0.2, -0.15) is 0 Å². The van der Waals surface area contributed by atoms with Crippen LogP contribution < -0.4 is 20.6 Å². The first-order valence-corrected chi connectivity index (χ1v) is 12.5. The molecule has 0 radical (unpaired) electrons. The number of halogens is 1. The van der Waals surface area contributed by atoms with Crippen LogP contribution in [0.3, 0.4) is 0 Å². The number of carbonyl (C=O) groups is 1. The van der Waals surface area contributed by atoms with Crippen LogP contribution in [0.5, 0.6) is 0 Å². The number of allylic oxidation sites excluding steroid dienone is 1. The number of esters is 1. The van der Waals surface area contributed by atoms with Gasteiger partial charge in [0.05, 0.1) is 39.5 Å². The van der Waals surface area contributed by atoms with Crippen LogP contribution in [0.15, 0.2) is 68.3 Å². The second-order valence-electron chi connectivity index (χ2n) is 8.50. The summed E-state index contributed by atoms with van der Waals surface area (Å²) >= 11 is 7.35. The number of thiazole rings is 1. The van der Waals surface area contributed by atoms with E-state index in [1.54, 1.807) is 67.4 Å². The van der Waals surface area contributed by atoms with Gasteiger partial charge in [-0.15, -0.1) is 0 Å². The molecule has 0 amide bonds. The Labute approximate surface area is 214 Å². The number of imidazole rings is 1. The van der Waals surface area contributed by atoms with Gasteiger partial charge in [0, 0.05) is 19.1 Å². The molecule has 0 N–H and O–H groups in total. The SMILES string of the molecule is CCOC(=O)C1=C(C)N=c2s/c(=C/c3ccc4c(c3)n(C)c(=O)n4C)c(=O)n2[C@@H]1c1ccc(Cl)cc1. The number of hydrogen-bond acceptors (Lipinski definition) is 6. The van der Waals surface area contributed by atoms with Gasteiger partial charge in [0.25, 0.3) is 5.56 Å². The Bertz CT molecular complexity index is 1810. The van der Waals surface area contributed by atoms with Gasteiger partial charge in [-0.25, -0.2) is 14.6 Å². The van der Waals surface area contributed by atoms with Gasteiger partial charge in [0.2, 0.25) is 0 Å². The minimum absolute atomic E-state index is 0.119. The van der Waals surface area contributed by atoms with Crippen molar-refractivity contribution in [1.29, 1.82) is 0 Å². The maximum absolute atomic E-state index is 13.7. The lowest BCUT2D eigenvalue weighted by atomic mass is 9.96. The number of rotatable bonds is 4. The van der Waals surface area contributed by atoms with Crippen molar-refractivity contribution in [3.63, 3.8) is 0 Å². The van der Waals surface area contributed by atoms with Gasteiger partial charge >= 0.3 is 11.7 Å². The van der Waals surface area contributed by atoms with Crippen molar-refractivity contribution < 1.29 is 9.53 Å². The van der Waals surface area contributed by atoms with Crippen LogP contribution in [0, 0.1) is 0 Å². The first-order chi connectivity index (χ1) is 17.2. The third-order valence-corrected chi connectivity index (χ3v) is 7.53. The zero-order valence-corrected chi connectivity index (χ0v) is 21.7. The molecule has 2 aromatic heterocycles. The Morgan fingerprint density at radius 2 is 1.81 bits per heavy atom. The molecule has 8 nitrogen and oxygen atoms in total. The van der Waals surface area contributed by atoms with Crippen molar-refractivity contribution in [2.45, 2.75) is 19.9 Å². The van der Waals surface area contributed by atoms with Crippen LogP contribution >= 0.6 is 22.9 Å². The minimum Gasteiger partial charge on any atom is -0.463 e. The van der Waals surface area contributed by atoms with Gasteiger partial charge < -0.3 is 4.74 Å². The highest BCUT2D eigenvalue weighted by molar-refractivity contribution is 7.07. The van der Waals surface area contributed by atoms with E-state index in [0.717, 1.165) is 22.2 Å². The smallest absolute Gasteiger partial charge is 0.338 e. The summed E-state index contributed by atoms with van der Waals surface area (Å²) in [6.45, 7) is 3.69. The molecule has 3 heterocycles. The van der Waals surface area contributed by atoms with E-state index in [4.69, 9.17) is 16.3 Å². The normalized spacial score (nSPS) is 15.8. The van der Waals surface area contributed by atoms with E-state index < -0.39 is 12.0 Å². The third kappa shape index (κ3) is 3.84. The summed E-state index contributed by atoms with van der Waals surface area (Å²) in [5.74, 6) is -0.511. The van der Waals surface area contributed by atoms with Gasteiger partial charge in [0.15, 0.2) is 4.80 Å². The highest BCUT2D eigenvalue weighted by Crippen LogP contribution is 2.31. The molecule has 0 saturated carbocycles. The number of fused-ring (bicyclic) bond motifs is 2. The molecule has 0 aliphatic carbocycles. The van der Waals surface area contributed by atoms with Crippen molar-refractivity contribution in [1.82, 2.24) is 13.7 Å². The zero-order chi connectivity index (χ0) is 25.7. The topological polar surface area (TPSA) is 87.6 Å². The van der Waals surface area contributed by atoms with Crippen molar-refractivity contribution in [3.05, 3.63) is 100 Å². The molecule has 1 aliphatic rings. The van der Waals surface area contributed by atoms with E-state index in [-0.39, 0.29) is 17.9 Å². The number of nitrogens with zero attached hydrogens (tertiary/aromatic N) is 4. The van der Waals surface area contributed by atoms with Crippen LogP contribution in [-0.2, 0) is 23.6 Å². The fourth-order valence-corrected chi connectivity index (χ4v) is 5.69. The van der Waals surface area contributed by atoms with Crippen molar-refractivity contribution in [2.24, 2.45) is 19.1 Å². The molecule has 1 atom stereocenters. The van der Waals surface area contributed by atoms with Crippen molar-refractivity contribution in [3.8, 4) is 0 Å². The molecular weight excluding hydrogens is 500 g/mol. The summed E-state index contributed by atoms with van der Waals surface area (Å²) < 4.78 is 10.5. The predicted molar refractivity (Wildman–Crippen MR) is 140 cm³/mol. The first-order valence-electron chi connectivity index (χ1n) is 11.3. The fraction of sp³-hybridized carbons (Fsp3) is 0.231. The molecule has 5 rings (SSSR count). The number of aromatic nitrogens is 3. The summed E-state index contributed by atoms with van der Waals surface area (Å²) in [5.41, 5.74) is 3.51. The van der Waals surface area contributed by atoms with Gasteiger partial charge in [-0.1, -0.05) is 41.1 Å². The lowest BCUT2D eigenvalue weighted by Gasteiger charge is -2.24. The molecule has 0 bridgehead atoms. The molecule has 0 spiro atoms. The van der Waals surface area contributed by atoms with E-state index in [0.29, 0.717) is 25.6 Å². The fourth-order valence-electron chi connectivity index (χ4n) is 4.52. The summed E-state index contributed by atoms with van der Waals surface area (Å²) in [6, 6.07) is 12.0. The number of ether oxygens (including phenoxy) is 1. The monoisotopic (exact) mass is 522 g/mol. The maximum atomic E-state index is 13.7. The molecular formula is C26H23ClN4O4S. The average molecular weight is 523 g/mol. The van der Waals surface area contributed by atoms with Gasteiger partial charge in [0.1, 0.15) is 0 Å². The predicted octanol–water partition coefficient (Wildman–Crippen LogP) is 2.64. The lowest BCUT2D eigenvalue weighted by molar-refractivity contribution is -0.139. The van der Waals surface area contributed by atoms with Crippen LogP contribution in [0.2, 0.25) is 5.02 Å². The summed E-state index contributed by atoms with van der Waals surface area (Å²) in [7, 11) is 3.44. The van der Waals surface area contributed by atoms with E-state index in [9.17, 15) is 14.4 Å². The van der Waals surface area contributed by atoms with Crippen LogP contribution in [0.25, 0.3) is 17.1 Å². The Morgan fingerprint density at radius 1 is 1.11 bits per heavy atom. The minimum atomic E-state index is -0.697. The number of benzene rings is 2. The van der Waals surface area contributed by atoms with E-state index in [2.05, 4.69) is 4.99 Å². The molecule has 4 aromatic rings. The van der Waals surface area contributed by atoms with Crippen LogP contribution in [0.4, 0.5) is 0 Å². The zero-order valence-electron chi connectivity index (χ0n) is 20.1. The lowest BCUT2D eigenvalue weighted by Crippen LogP contribution is -2.39. The number of aryl methyl sites for hydroxylation is 2. The largest absolute Gasteiger partial charge is 0.463 e.